The normalized spacial score (nSPS) is 13.4. The predicted molar refractivity (Wildman–Crippen MR) is 66.1 cm³/mol. The molecule has 0 aromatic carbocycles. The maximum atomic E-state index is 4.31. The third kappa shape index (κ3) is 3.93. The molecule has 0 saturated heterocycles. The van der Waals surface area contributed by atoms with Gasteiger partial charge in [-0.3, -0.25) is 4.68 Å². The summed E-state index contributed by atoms with van der Waals surface area (Å²) in [6.45, 7) is 7.54. The van der Waals surface area contributed by atoms with Gasteiger partial charge in [0.15, 0.2) is 0 Å². The molecular weight excluding hydrogens is 254 g/mol. The van der Waals surface area contributed by atoms with Gasteiger partial charge in [0.25, 0.3) is 0 Å². The Labute approximate surface area is 100 Å². The number of halogens is 1. The van der Waals surface area contributed by atoms with Crippen LogP contribution in [-0.4, -0.2) is 20.1 Å². The van der Waals surface area contributed by atoms with Gasteiger partial charge in [0.05, 0.1) is 0 Å². The molecule has 0 spiro atoms. The Balaban J connectivity index is 2.58. The summed E-state index contributed by atoms with van der Waals surface area (Å²) >= 11 is 3.58. The molecule has 0 aliphatic heterocycles. The third-order valence-electron chi connectivity index (χ3n) is 2.49. The van der Waals surface area contributed by atoms with E-state index in [1.807, 2.05) is 4.68 Å². The van der Waals surface area contributed by atoms with Gasteiger partial charge < -0.3 is 0 Å². The Hall–Kier alpha value is -0.380. The van der Waals surface area contributed by atoms with E-state index in [1.165, 1.54) is 6.42 Å². The summed E-state index contributed by atoms with van der Waals surface area (Å²) in [6.07, 6.45) is 3.92. The highest BCUT2D eigenvalue weighted by Crippen LogP contribution is 2.18. The minimum atomic E-state index is 0.666. The Bertz CT molecular complexity index is 283. The van der Waals surface area contributed by atoms with Crippen molar-refractivity contribution in [3.63, 3.8) is 0 Å². The largest absolute Gasteiger partial charge is 0.250 e. The van der Waals surface area contributed by atoms with E-state index in [0.29, 0.717) is 5.92 Å². The molecule has 1 aromatic rings. The predicted octanol–water partition coefficient (Wildman–Crippen LogP) is 2.90. The van der Waals surface area contributed by atoms with Gasteiger partial charge in [-0.05, 0) is 25.2 Å². The minimum absolute atomic E-state index is 0.666. The van der Waals surface area contributed by atoms with Crippen LogP contribution in [0, 0.1) is 11.8 Å². The molecule has 1 atom stereocenters. The maximum Gasteiger partial charge on any atom is 0.138 e. The first-order valence-corrected chi connectivity index (χ1v) is 6.72. The second kappa shape index (κ2) is 6.26. The highest BCUT2D eigenvalue weighted by molar-refractivity contribution is 9.09. The summed E-state index contributed by atoms with van der Waals surface area (Å²) in [5.74, 6) is 2.52. The molecule has 0 aliphatic rings. The monoisotopic (exact) mass is 273 g/mol. The zero-order chi connectivity index (χ0) is 11.3. The lowest BCUT2D eigenvalue weighted by Crippen LogP contribution is -2.14. The quantitative estimate of drug-likeness (QED) is 0.747. The van der Waals surface area contributed by atoms with Gasteiger partial charge in [-0.2, -0.15) is 5.10 Å². The van der Waals surface area contributed by atoms with Gasteiger partial charge in [-0.1, -0.05) is 29.8 Å². The molecule has 15 heavy (non-hydrogen) atoms. The summed E-state index contributed by atoms with van der Waals surface area (Å²) in [4.78, 5) is 4.31. The molecule has 0 saturated carbocycles. The van der Waals surface area contributed by atoms with Crippen molar-refractivity contribution in [2.45, 2.75) is 40.2 Å². The van der Waals surface area contributed by atoms with Crippen molar-refractivity contribution < 1.29 is 0 Å². The average molecular weight is 274 g/mol. The van der Waals surface area contributed by atoms with E-state index >= 15 is 0 Å². The lowest BCUT2D eigenvalue weighted by molar-refractivity contribution is 0.428. The Kier molecular flexibility index (Phi) is 5.29. The molecule has 0 N–H and O–H groups in total. The first-order chi connectivity index (χ1) is 7.17. The molecule has 0 radical (unpaired) electrons. The second-order valence-corrected chi connectivity index (χ2v) is 4.99. The van der Waals surface area contributed by atoms with Gasteiger partial charge in [0.2, 0.25) is 0 Å². The molecule has 86 valence electrons. The number of alkyl halides is 1. The van der Waals surface area contributed by atoms with Crippen LogP contribution in [0.4, 0.5) is 0 Å². The van der Waals surface area contributed by atoms with Crippen molar-refractivity contribution in [1.82, 2.24) is 14.8 Å². The molecule has 1 rings (SSSR count). The van der Waals surface area contributed by atoms with E-state index in [2.05, 4.69) is 46.8 Å². The van der Waals surface area contributed by atoms with Crippen LogP contribution < -0.4 is 0 Å². The van der Waals surface area contributed by atoms with Crippen LogP contribution in [0.5, 0.6) is 0 Å². The third-order valence-corrected chi connectivity index (χ3v) is 3.41. The van der Waals surface area contributed by atoms with Crippen LogP contribution in [0.3, 0.4) is 0 Å². The van der Waals surface area contributed by atoms with Crippen molar-refractivity contribution in [3.05, 3.63) is 12.2 Å². The molecule has 4 heteroatoms. The number of rotatable bonds is 6. The molecule has 0 aliphatic carbocycles. The van der Waals surface area contributed by atoms with Gasteiger partial charge >= 0.3 is 0 Å². The number of aryl methyl sites for hydroxylation is 1. The van der Waals surface area contributed by atoms with Gasteiger partial charge in [0.1, 0.15) is 12.2 Å². The maximum absolute atomic E-state index is 4.31. The second-order valence-electron chi connectivity index (χ2n) is 4.35. The molecule has 0 amide bonds. The first kappa shape index (κ1) is 12.7. The summed E-state index contributed by atoms with van der Waals surface area (Å²) in [5.41, 5.74) is 0. The van der Waals surface area contributed by atoms with E-state index in [0.717, 1.165) is 30.0 Å². The van der Waals surface area contributed by atoms with Crippen LogP contribution in [0.15, 0.2) is 6.33 Å². The summed E-state index contributed by atoms with van der Waals surface area (Å²) in [7, 11) is 0. The van der Waals surface area contributed by atoms with E-state index in [-0.39, 0.29) is 0 Å². The van der Waals surface area contributed by atoms with Crippen LogP contribution >= 0.6 is 15.9 Å². The van der Waals surface area contributed by atoms with Crippen LogP contribution in [0.2, 0.25) is 0 Å². The molecule has 0 fully saturated rings. The molecule has 1 unspecified atom stereocenters. The van der Waals surface area contributed by atoms with E-state index in [4.69, 9.17) is 0 Å². The van der Waals surface area contributed by atoms with Crippen LogP contribution in [-0.2, 0) is 13.0 Å². The van der Waals surface area contributed by atoms with Crippen molar-refractivity contribution in [2.75, 3.05) is 5.33 Å². The van der Waals surface area contributed by atoms with Gasteiger partial charge in [-0.15, -0.1) is 0 Å². The van der Waals surface area contributed by atoms with E-state index in [9.17, 15) is 0 Å². The lowest BCUT2D eigenvalue weighted by atomic mass is 9.96. The van der Waals surface area contributed by atoms with Crippen molar-refractivity contribution in [2.24, 2.45) is 11.8 Å². The van der Waals surface area contributed by atoms with Gasteiger partial charge in [-0.25, -0.2) is 4.98 Å². The number of nitrogens with zero attached hydrogens (tertiary/aromatic N) is 3. The molecule has 3 nitrogen and oxygen atoms in total. The lowest BCUT2D eigenvalue weighted by Gasteiger charge is -2.15. The standard InChI is InChI=1S/C11H20BrN3/c1-4-15-11(13-8-14-15)6-10(7-12)5-9(2)3/h8-10H,4-7H2,1-3H3. The topological polar surface area (TPSA) is 30.7 Å². The SMILES string of the molecule is CCn1ncnc1CC(CBr)CC(C)C. The average Bonchev–Trinajstić information content (AvgIpc) is 2.63. The Morgan fingerprint density at radius 1 is 1.47 bits per heavy atom. The molecular formula is C11H20BrN3. The number of hydrogen-bond donors (Lipinski definition) is 0. The summed E-state index contributed by atoms with van der Waals surface area (Å²) in [5, 5.41) is 5.23. The first-order valence-electron chi connectivity index (χ1n) is 5.60. The van der Waals surface area contributed by atoms with E-state index < -0.39 is 0 Å². The zero-order valence-electron chi connectivity index (χ0n) is 9.78. The zero-order valence-corrected chi connectivity index (χ0v) is 11.4. The smallest absolute Gasteiger partial charge is 0.138 e. The van der Waals surface area contributed by atoms with Crippen LogP contribution in [0.25, 0.3) is 0 Å². The highest BCUT2D eigenvalue weighted by atomic mass is 79.9. The summed E-state index contributed by atoms with van der Waals surface area (Å²) in [6, 6.07) is 0. The van der Waals surface area contributed by atoms with E-state index in [1.54, 1.807) is 6.33 Å². The number of hydrogen-bond acceptors (Lipinski definition) is 2. The molecule has 0 bridgehead atoms. The van der Waals surface area contributed by atoms with Crippen molar-refractivity contribution in [1.29, 1.82) is 0 Å². The fourth-order valence-electron chi connectivity index (χ4n) is 1.84. The summed E-state index contributed by atoms with van der Waals surface area (Å²) < 4.78 is 1.98. The Morgan fingerprint density at radius 3 is 2.73 bits per heavy atom. The number of aromatic nitrogens is 3. The fraction of sp³-hybridized carbons (Fsp3) is 0.818. The minimum Gasteiger partial charge on any atom is -0.250 e. The van der Waals surface area contributed by atoms with Crippen LogP contribution in [0.1, 0.15) is 33.0 Å². The van der Waals surface area contributed by atoms with Crippen molar-refractivity contribution >= 4 is 15.9 Å². The molecule has 1 aromatic heterocycles. The highest BCUT2D eigenvalue weighted by Gasteiger charge is 2.13. The van der Waals surface area contributed by atoms with Gasteiger partial charge in [0, 0.05) is 18.3 Å². The van der Waals surface area contributed by atoms with Crippen molar-refractivity contribution in [3.8, 4) is 0 Å². The fourth-order valence-corrected chi connectivity index (χ4v) is 2.33. The molecule has 1 heterocycles. The Morgan fingerprint density at radius 2 is 2.20 bits per heavy atom.